The first kappa shape index (κ1) is 12.9. The standard InChI is InChI=1S/C13H20N4O/c1-3-11-12(4-2)15-16-13(14-11)17-7-5-6-10(8-17)9-18/h9-10H,3-8H2,1-2H3. The lowest BCUT2D eigenvalue weighted by Crippen LogP contribution is -2.37. The van der Waals surface area contributed by atoms with Crippen LogP contribution in [0.1, 0.15) is 38.1 Å². The molecule has 0 spiro atoms. The molecule has 0 N–H and O–H groups in total. The van der Waals surface area contributed by atoms with Crippen LogP contribution >= 0.6 is 0 Å². The fourth-order valence-electron chi connectivity index (χ4n) is 2.36. The Bertz CT molecular complexity index is 421. The third-order valence-electron chi connectivity index (χ3n) is 3.43. The molecule has 1 aliphatic rings. The summed E-state index contributed by atoms with van der Waals surface area (Å²) in [7, 11) is 0. The molecule has 18 heavy (non-hydrogen) atoms. The summed E-state index contributed by atoms with van der Waals surface area (Å²) in [6.07, 6.45) is 4.77. The van der Waals surface area contributed by atoms with Gasteiger partial charge in [0, 0.05) is 19.0 Å². The second kappa shape index (κ2) is 5.89. The molecular formula is C13H20N4O. The quantitative estimate of drug-likeness (QED) is 0.754. The zero-order chi connectivity index (χ0) is 13.0. The Hall–Kier alpha value is -1.52. The molecule has 0 aromatic carbocycles. The minimum Gasteiger partial charge on any atom is -0.339 e. The summed E-state index contributed by atoms with van der Waals surface area (Å²) in [6, 6.07) is 0. The summed E-state index contributed by atoms with van der Waals surface area (Å²) < 4.78 is 0. The maximum atomic E-state index is 10.9. The predicted octanol–water partition coefficient (Wildman–Crippen LogP) is 1.41. The van der Waals surface area contributed by atoms with Crippen LogP contribution in [0.15, 0.2) is 0 Å². The van der Waals surface area contributed by atoms with Gasteiger partial charge in [-0.15, -0.1) is 5.10 Å². The van der Waals surface area contributed by atoms with Gasteiger partial charge in [0.25, 0.3) is 0 Å². The van der Waals surface area contributed by atoms with Crippen molar-refractivity contribution < 1.29 is 4.79 Å². The monoisotopic (exact) mass is 248 g/mol. The Morgan fingerprint density at radius 2 is 2.06 bits per heavy atom. The number of anilines is 1. The smallest absolute Gasteiger partial charge is 0.245 e. The molecule has 0 aliphatic carbocycles. The molecule has 2 rings (SSSR count). The molecule has 0 saturated carbocycles. The predicted molar refractivity (Wildman–Crippen MR) is 69.6 cm³/mol. The second-order valence-electron chi connectivity index (χ2n) is 4.70. The Balaban J connectivity index is 2.19. The number of piperidine rings is 1. The third kappa shape index (κ3) is 2.66. The maximum Gasteiger partial charge on any atom is 0.245 e. The van der Waals surface area contributed by atoms with Gasteiger partial charge in [-0.3, -0.25) is 0 Å². The minimum atomic E-state index is 0.110. The molecule has 1 aromatic rings. The van der Waals surface area contributed by atoms with Crippen molar-refractivity contribution in [1.29, 1.82) is 0 Å². The molecule has 0 bridgehead atoms. The molecule has 0 amide bonds. The molecule has 1 aromatic heterocycles. The number of nitrogens with zero attached hydrogens (tertiary/aromatic N) is 4. The molecule has 2 heterocycles. The van der Waals surface area contributed by atoms with Crippen LogP contribution in [0.25, 0.3) is 0 Å². The van der Waals surface area contributed by atoms with Crippen LogP contribution in [0.2, 0.25) is 0 Å². The highest BCUT2D eigenvalue weighted by molar-refractivity contribution is 5.55. The average Bonchev–Trinajstić information content (AvgIpc) is 2.46. The van der Waals surface area contributed by atoms with Crippen molar-refractivity contribution in [2.45, 2.75) is 39.5 Å². The summed E-state index contributed by atoms with van der Waals surface area (Å²) in [5, 5.41) is 8.45. The van der Waals surface area contributed by atoms with Crippen LogP contribution in [-0.2, 0) is 17.6 Å². The van der Waals surface area contributed by atoms with Gasteiger partial charge in [0.15, 0.2) is 0 Å². The lowest BCUT2D eigenvalue weighted by molar-refractivity contribution is -0.111. The highest BCUT2D eigenvalue weighted by Gasteiger charge is 2.22. The van der Waals surface area contributed by atoms with Gasteiger partial charge in [-0.25, -0.2) is 4.98 Å². The number of hydrogen-bond acceptors (Lipinski definition) is 5. The Morgan fingerprint density at radius 3 is 2.72 bits per heavy atom. The molecule has 1 saturated heterocycles. The summed E-state index contributed by atoms with van der Waals surface area (Å²) in [4.78, 5) is 17.5. The van der Waals surface area contributed by atoms with Crippen molar-refractivity contribution in [2.75, 3.05) is 18.0 Å². The van der Waals surface area contributed by atoms with Gasteiger partial charge in [0.1, 0.15) is 6.29 Å². The van der Waals surface area contributed by atoms with Gasteiger partial charge in [-0.1, -0.05) is 13.8 Å². The number of carbonyl (C=O) groups excluding carboxylic acids is 1. The number of aldehydes is 1. The van der Waals surface area contributed by atoms with Crippen LogP contribution in [0.3, 0.4) is 0 Å². The van der Waals surface area contributed by atoms with Crippen LogP contribution in [0.5, 0.6) is 0 Å². The highest BCUT2D eigenvalue weighted by Crippen LogP contribution is 2.19. The number of aryl methyl sites for hydroxylation is 2. The van der Waals surface area contributed by atoms with E-state index in [9.17, 15) is 4.79 Å². The van der Waals surface area contributed by atoms with Gasteiger partial charge in [0.2, 0.25) is 5.95 Å². The van der Waals surface area contributed by atoms with Gasteiger partial charge >= 0.3 is 0 Å². The van der Waals surface area contributed by atoms with E-state index in [0.29, 0.717) is 5.95 Å². The van der Waals surface area contributed by atoms with E-state index in [1.807, 2.05) is 0 Å². The van der Waals surface area contributed by atoms with E-state index in [4.69, 9.17) is 0 Å². The zero-order valence-electron chi connectivity index (χ0n) is 11.1. The van der Waals surface area contributed by atoms with Crippen LogP contribution in [0, 0.1) is 5.92 Å². The molecule has 5 heteroatoms. The summed E-state index contributed by atoms with van der Waals surface area (Å²) in [5.41, 5.74) is 2.00. The van der Waals surface area contributed by atoms with E-state index in [-0.39, 0.29) is 5.92 Å². The van der Waals surface area contributed by atoms with Gasteiger partial charge in [-0.05, 0) is 25.7 Å². The number of aromatic nitrogens is 3. The van der Waals surface area contributed by atoms with Crippen molar-refractivity contribution in [3.05, 3.63) is 11.4 Å². The molecule has 1 atom stereocenters. The maximum absolute atomic E-state index is 10.9. The topological polar surface area (TPSA) is 59.0 Å². The first-order chi connectivity index (χ1) is 8.78. The normalized spacial score (nSPS) is 19.9. The first-order valence-corrected chi connectivity index (χ1v) is 6.71. The molecule has 1 aliphatic heterocycles. The summed E-state index contributed by atoms with van der Waals surface area (Å²) >= 11 is 0. The Kier molecular flexibility index (Phi) is 4.23. The second-order valence-corrected chi connectivity index (χ2v) is 4.70. The van der Waals surface area contributed by atoms with Crippen molar-refractivity contribution in [3.63, 3.8) is 0 Å². The number of carbonyl (C=O) groups is 1. The number of hydrogen-bond donors (Lipinski definition) is 0. The van der Waals surface area contributed by atoms with E-state index < -0.39 is 0 Å². The third-order valence-corrected chi connectivity index (χ3v) is 3.43. The fourth-order valence-corrected chi connectivity index (χ4v) is 2.36. The molecule has 98 valence electrons. The number of rotatable bonds is 4. The van der Waals surface area contributed by atoms with Gasteiger partial charge < -0.3 is 9.69 Å². The highest BCUT2D eigenvalue weighted by atomic mass is 16.1. The average molecular weight is 248 g/mol. The Morgan fingerprint density at radius 1 is 1.28 bits per heavy atom. The Labute approximate surface area is 108 Å². The van der Waals surface area contributed by atoms with E-state index in [0.717, 1.165) is 56.4 Å². The molecule has 1 fully saturated rings. The van der Waals surface area contributed by atoms with E-state index in [1.165, 1.54) is 0 Å². The summed E-state index contributed by atoms with van der Waals surface area (Å²) in [6.45, 7) is 5.78. The van der Waals surface area contributed by atoms with Crippen LogP contribution in [-0.4, -0.2) is 34.6 Å². The van der Waals surface area contributed by atoms with Crippen LogP contribution < -0.4 is 4.90 Å². The van der Waals surface area contributed by atoms with E-state index in [2.05, 4.69) is 33.9 Å². The van der Waals surface area contributed by atoms with Crippen molar-refractivity contribution in [2.24, 2.45) is 5.92 Å². The SMILES string of the molecule is CCc1nnc(N2CCCC(C=O)C2)nc1CC. The molecule has 0 radical (unpaired) electrons. The molecule has 5 nitrogen and oxygen atoms in total. The van der Waals surface area contributed by atoms with Gasteiger partial charge in [-0.2, -0.15) is 5.10 Å². The van der Waals surface area contributed by atoms with E-state index >= 15 is 0 Å². The van der Waals surface area contributed by atoms with Crippen molar-refractivity contribution in [1.82, 2.24) is 15.2 Å². The first-order valence-electron chi connectivity index (χ1n) is 6.71. The lowest BCUT2D eigenvalue weighted by Gasteiger charge is -2.30. The molecule has 1 unspecified atom stereocenters. The van der Waals surface area contributed by atoms with Crippen LogP contribution in [0.4, 0.5) is 5.95 Å². The minimum absolute atomic E-state index is 0.110. The van der Waals surface area contributed by atoms with Gasteiger partial charge in [0.05, 0.1) is 11.4 Å². The zero-order valence-corrected chi connectivity index (χ0v) is 11.1. The van der Waals surface area contributed by atoms with Crippen molar-refractivity contribution >= 4 is 12.2 Å². The lowest BCUT2D eigenvalue weighted by atomic mass is 10.0. The summed E-state index contributed by atoms with van der Waals surface area (Å²) in [5.74, 6) is 0.786. The molecular weight excluding hydrogens is 228 g/mol. The fraction of sp³-hybridized carbons (Fsp3) is 0.692. The van der Waals surface area contributed by atoms with Crippen molar-refractivity contribution in [3.8, 4) is 0 Å². The van der Waals surface area contributed by atoms with E-state index in [1.54, 1.807) is 0 Å². The largest absolute Gasteiger partial charge is 0.339 e.